The molecule has 0 aliphatic heterocycles. The van der Waals surface area contributed by atoms with Crippen LogP contribution in [0.5, 0.6) is 0 Å². The van der Waals surface area contributed by atoms with E-state index in [9.17, 15) is 4.79 Å². The molecule has 0 amide bonds. The van der Waals surface area contributed by atoms with Crippen LogP contribution in [0.2, 0.25) is 0 Å². The third kappa shape index (κ3) is 2.75. The smallest absolute Gasteiger partial charge is 0.340 e. The molecule has 98 valence electrons. The van der Waals surface area contributed by atoms with E-state index in [4.69, 9.17) is 10.5 Å². The molecule has 0 radical (unpaired) electrons. The molecule has 0 saturated heterocycles. The third-order valence-electron chi connectivity index (χ3n) is 3.29. The zero-order valence-electron chi connectivity index (χ0n) is 10.9. The van der Waals surface area contributed by atoms with E-state index in [2.05, 4.69) is 12.2 Å². The first-order valence-electron chi connectivity index (χ1n) is 6.45. The number of para-hydroxylation sites is 1. The van der Waals surface area contributed by atoms with Gasteiger partial charge in [-0.25, -0.2) is 4.79 Å². The summed E-state index contributed by atoms with van der Waals surface area (Å²) in [7, 11) is 0. The van der Waals surface area contributed by atoms with Gasteiger partial charge in [-0.05, 0) is 44.7 Å². The summed E-state index contributed by atoms with van der Waals surface area (Å²) in [6, 6.07) is 5.65. The second kappa shape index (κ2) is 5.29. The topological polar surface area (TPSA) is 64.3 Å². The standard InChI is InChI=1S/C14H20N2O2/c1-3-18-14(17)11-5-4-6-12(15)13(11)16-9(2)10-7-8-10/h4-6,9-10,16H,3,7-8,15H2,1-2H3. The summed E-state index contributed by atoms with van der Waals surface area (Å²) in [5.41, 5.74) is 7.77. The summed E-state index contributed by atoms with van der Waals surface area (Å²) < 4.78 is 5.05. The van der Waals surface area contributed by atoms with Crippen molar-refractivity contribution in [3.8, 4) is 0 Å². The number of nitrogens with two attached hydrogens (primary N) is 1. The van der Waals surface area contributed by atoms with E-state index < -0.39 is 0 Å². The lowest BCUT2D eigenvalue weighted by Crippen LogP contribution is -2.21. The molecule has 1 saturated carbocycles. The predicted molar refractivity (Wildman–Crippen MR) is 72.6 cm³/mol. The van der Waals surface area contributed by atoms with Gasteiger partial charge in [0.15, 0.2) is 0 Å². The first-order chi connectivity index (χ1) is 8.63. The Hall–Kier alpha value is -1.71. The lowest BCUT2D eigenvalue weighted by molar-refractivity contribution is 0.0527. The van der Waals surface area contributed by atoms with E-state index >= 15 is 0 Å². The van der Waals surface area contributed by atoms with Crippen molar-refractivity contribution in [1.29, 1.82) is 0 Å². The van der Waals surface area contributed by atoms with Gasteiger partial charge in [-0.15, -0.1) is 0 Å². The molecule has 1 aliphatic carbocycles. The fourth-order valence-electron chi connectivity index (χ4n) is 2.05. The van der Waals surface area contributed by atoms with Crippen molar-refractivity contribution in [2.45, 2.75) is 32.7 Å². The van der Waals surface area contributed by atoms with E-state index in [1.165, 1.54) is 12.8 Å². The molecule has 1 atom stereocenters. The summed E-state index contributed by atoms with van der Waals surface area (Å²) in [5.74, 6) is 0.370. The molecule has 1 aliphatic rings. The maximum Gasteiger partial charge on any atom is 0.340 e. The molecule has 0 aromatic heterocycles. The zero-order valence-corrected chi connectivity index (χ0v) is 10.9. The van der Waals surface area contributed by atoms with Crippen LogP contribution in [-0.2, 0) is 4.74 Å². The normalized spacial score (nSPS) is 16.1. The second-order valence-corrected chi connectivity index (χ2v) is 4.76. The summed E-state index contributed by atoms with van der Waals surface area (Å²) in [6.07, 6.45) is 2.49. The largest absolute Gasteiger partial charge is 0.462 e. The maximum atomic E-state index is 11.9. The van der Waals surface area contributed by atoms with E-state index in [-0.39, 0.29) is 5.97 Å². The molecule has 2 rings (SSSR count). The number of rotatable bonds is 5. The van der Waals surface area contributed by atoms with Crippen molar-refractivity contribution in [2.24, 2.45) is 5.92 Å². The zero-order chi connectivity index (χ0) is 13.1. The minimum atomic E-state index is -0.324. The van der Waals surface area contributed by atoms with Crippen molar-refractivity contribution < 1.29 is 9.53 Å². The number of esters is 1. The Morgan fingerprint density at radius 3 is 2.89 bits per heavy atom. The molecule has 1 fully saturated rings. The van der Waals surface area contributed by atoms with Crippen molar-refractivity contribution in [3.63, 3.8) is 0 Å². The number of nitrogen functional groups attached to an aromatic ring is 1. The Morgan fingerprint density at radius 1 is 1.56 bits per heavy atom. The Labute approximate surface area is 108 Å². The van der Waals surface area contributed by atoms with Crippen LogP contribution in [0.1, 0.15) is 37.0 Å². The number of benzene rings is 1. The van der Waals surface area contributed by atoms with Crippen molar-refractivity contribution in [2.75, 3.05) is 17.7 Å². The van der Waals surface area contributed by atoms with Gasteiger partial charge in [-0.2, -0.15) is 0 Å². The van der Waals surface area contributed by atoms with E-state index in [0.717, 1.165) is 0 Å². The maximum absolute atomic E-state index is 11.9. The van der Waals surface area contributed by atoms with Gasteiger partial charge in [0.05, 0.1) is 23.5 Å². The van der Waals surface area contributed by atoms with Gasteiger partial charge in [0.25, 0.3) is 0 Å². The number of carbonyl (C=O) groups excluding carboxylic acids is 1. The van der Waals surface area contributed by atoms with Crippen molar-refractivity contribution in [1.82, 2.24) is 0 Å². The molecule has 4 heteroatoms. The first-order valence-corrected chi connectivity index (χ1v) is 6.45. The number of anilines is 2. The Balaban J connectivity index is 2.22. The minimum Gasteiger partial charge on any atom is -0.462 e. The highest BCUT2D eigenvalue weighted by molar-refractivity contribution is 5.98. The van der Waals surface area contributed by atoms with Crippen LogP contribution in [0.25, 0.3) is 0 Å². The number of ether oxygens (including phenoxy) is 1. The van der Waals surface area contributed by atoms with Gasteiger partial charge in [0.1, 0.15) is 0 Å². The number of hydrogen-bond acceptors (Lipinski definition) is 4. The highest BCUT2D eigenvalue weighted by Crippen LogP contribution is 2.35. The Bertz CT molecular complexity index is 441. The predicted octanol–water partition coefficient (Wildman–Crippen LogP) is 2.66. The summed E-state index contributed by atoms with van der Waals surface area (Å²) >= 11 is 0. The molecule has 0 bridgehead atoms. The van der Waals surface area contributed by atoms with Crippen LogP contribution in [0.4, 0.5) is 11.4 Å². The van der Waals surface area contributed by atoms with Crippen LogP contribution in [0.15, 0.2) is 18.2 Å². The summed E-state index contributed by atoms with van der Waals surface area (Å²) in [6.45, 7) is 4.29. The molecule has 0 spiro atoms. The fourth-order valence-corrected chi connectivity index (χ4v) is 2.05. The molecule has 1 unspecified atom stereocenters. The van der Waals surface area contributed by atoms with Crippen LogP contribution in [0, 0.1) is 5.92 Å². The van der Waals surface area contributed by atoms with Gasteiger partial charge in [-0.3, -0.25) is 0 Å². The van der Waals surface area contributed by atoms with Gasteiger partial charge in [0.2, 0.25) is 0 Å². The minimum absolute atomic E-state index is 0.324. The van der Waals surface area contributed by atoms with Crippen LogP contribution in [-0.4, -0.2) is 18.6 Å². The number of hydrogen-bond donors (Lipinski definition) is 2. The monoisotopic (exact) mass is 248 g/mol. The van der Waals surface area contributed by atoms with Gasteiger partial charge in [-0.1, -0.05) is 6.07 Å². The Kier molecular flexibility index (Phi) is 3.75. The lowest BCUT2D eigenvalue weighted by Gasteiger charge is -2.18. The van der Waals surface area contributed by atoms with Gasteiger partial charge < -0.3 is 15.8 Å². The number of carbonyl (C=O) groups is 1. The molecule has 1 aromatic rings. The van der Waals surface area contributed by atoms with E-state index in [0.29, 0.717) is 35.5 Å². The van der Waals surface area contributed by atoms with Gasteiger partial charge >= 0.3 is 5.97 Å². The molecule has 4 nitrogen and oxygen atoms in total. The molecular formula is C14H20N2O2. The Morgan fingerprint density at radius 2 is 2.28 bits per heavy atom. The molecule has 18 heavy (non-hydrogen) atoms. The van der Waals surface area contributed by atoms with Crippen LogP contribution >= 0.6 is 0 Å². The SMILES string of the molecule is CCOC(=O)c1cccc(N)c1NC(C)C1CC1. The third-order valence-corrected chi connectivity index (χ3v) is 3.29. The average molecular weight is 248 g/mol. The highest BCUT2D eigenvalue weighted by atomic mass is 16.5. The molecule has 0 heterocycles. The first kappa shape index (κ1) is 12.7. The average Bonchev–Trinajstić information content (AvgIpc) is 3.15. The quantitative estimate of drug-likeness (QED) is 0.621. The lowest BCUT2D eigenvalue weighted by atomic mass is 10.1. The summed E-state index contributed by atoms with van der Waals surface area (Å²) in [4.78, 5) is 11.9. The highest BCUT2D eigenvalue weighted by Gasteiger charge is 2.29. The van der Waals surface area contributed by atoms with Crippen LogP contribution < -0.4 is 11.1 Å². The van der Waals surface area contributed by atoms with Gasteiger partial charge in [0, 0.05) is 6.04 Å². The fraction of sp³-hybridized carbons (Fsp3) is 0.500. The van der Waals surface area contributed by atoms with E-state index in [1.54, 1.807) is 25.1 Å². The number of nitrogens with one attached hydrogen (secondary N) is 1. The van der Waals surface area contributed by atoms with Crippen molar-refractivity contribution >= 4 is 17.3 Å². The molecular weight excluding hydrogens is 228 g/mol. The molecule has 1 aromatic carbocycles. The molecule has 3 N–H and O–H groups in total. The van der Waals surface area contributed by atoms with Crippen molar-refractivity contribution in [3.05, 3.63) is 23.8 Å². The second-order valence-electron chi connectivity index (χ2n) is 4.76. The van der Waals surface area contributed by atoms with Crippen LogP contribution in [0.3, 0.4) is 0 Å². The summed E-state index contributed by atoms with van der Waals surface area (Å²) in [5, 5.41) is 3.35. The van der Waals surface area contributed by atoms with E-state index in [1.807, 2.05) is 0 Å².